The fourth-order valence-corrected chi connectivity index (χ4v) is 3.60. The van der Waals surface area contributed by atoms with Gasteiger partial charge in [-0.25, -0.2) is 0 Å². The van der Waals surface area contributed by atoms with Gasteiger partial charge in [0.25, 0.3) is 11.7 Å². The van der Waals surface area contributed by atoms with Gasteiger partial charge in [-0.05, 0) is 17.7 Å². The minimum atomic E-state index is -0.649. The SMILES string of the molecule is COc1ccc([C@H]2C(=C(O)c3ccccc3)C(=O)C(=O)N2CCC[NH+](C)C)cc1. The number of carbonyl (C=O) groups excluding carboxylic acids is 2. The van der Waals surface area contributed by atoms with Gasteiger partial charge in [0.05, 0.1) is 39.4 Å². The molecule has 0 spiro atoms. The fourth-order valence-electron chi connectivity index (χ4n) is 3.60. The predicted octanol–water partition coefficient (Wildman–Crippen LogP) is 1.65. The van der Waals surface area contributed by atoms with E-state index in [-0.39, 0.29) is 11.3 Å². The van der Waals surface area contributed by atoms with Crippen LogP contribution in [0.5, 0.6) is 5.75 Å². The van der Waals surface area contributed by atoms with Crippen molar-refractivity contribution in [3.8, 4) is 5.75 Å². The summed E-state index contributed by atoms with van der Waals surface area (Å²) in [4.78, 5) is 28.6. The van der Waals surface area contributed by atoms with Crippen molar-refractivity contribution in [3.05, 3.63) is 71.3 Å². The molecule has 0 aliphatic carbocycles. The summed E-state index contributed by atoms with van der Waals surface area (Å²) >= 11 is 0. The van der Waals surface area contributed by atoms with Crippen LogP contribution in [-0.4, -0.2) is 56.0 Å². The number of aliphatic hydroxyl groups is 1. The Bertz CT molecular complexity index is 904. The largest absolute Gasteiger partial charge is 0.507 e. The molecule has 2 aromatic rings. The number of carbonyl (C=O) groups is 2. The van der Waals surface area contributed by atoms with Crippen LogP contribution in [0.1, 0.15) is 23.6 Å². The molecular formula is C23H27N2O4+. The molecule has 1 heterocycles. The van der Waals surface area contributed by atoms with Gasteiger partial charge < -0.3 is 19.6 Å². The molecule has 6 heteroatoms. The number of nitrogens with zero attached hydrogens (tertiary/aromatic N) is 1. The Hall–Kier alpha value is -3.12. The summed E-state index contributed by atoms with van der Waals surface area (Å²) < 4.78 is 5.22. The summed E-state index contributed by atoms with van der Waals surface area (Å²) in [5, 5.41) is 10.9. The molecule has 152 valence electrons. The Morgan fingerprint density at radius 3 is 2.31 bits per heavy atom. The number of aliphatic hydroxyl groups excluding tert-OH is 1. The average Bonchev–Trinajstić information content (AvgIpc) is 2.98. The lowest BCUT2D eigenvalue weighted by Gasteiger charge is -2.25. The molecule has 1 amide bonds. The molecule has 1 aliphatic rings. The van der Waals surface area contributed by atoms with E-state index in [4.69, 9.17) is 4.74 Å². The number of hydrogen-bond acceptors (Lipinski definition) is 4. The highest BCUT2D eigenvalue weighted by Crippen LogP contribution is 2.39. The maximum absolute atomic E-state index is 12.9. The Labute approximate surface area is 171 Å². The number of nitrogens with one attached hydrogen (secondary N) is 1. The lowest BCUT2D eigenvalue weighted by atomic mass is 9.95. The maximum atomic E-state index is 12.9. The van der Waals surface area contributed by atoms with Crippen molar-refractivity contribution in [2.24, 2.45) is 0 Å². The minimum absolute atomic E-state index is 0.128. The van der Waals surface area contributed by atoms with Crippen LogP contribution < -0.4 is 9.64 Å². The van der Waals surface area contributed by atoms with E-state index in [0.29, 0.717) is 17.9 Å². The second kappa shape index (κ2) is 8.92. The maximum Gasteiger partial charge on any atom is 0.295 e. The van der Waals surface area contributed by atoms with Gasteiger partial charge in [0.15, 0.2) is 0 Å². The zero-order valence-electron chi connectivity index (χ0n) is 17.0. The lowest BCUT2D eigenvalue weighted by Crippen LogP contribution is -3.05. The van der Waals surface area contributed by atoms with E-state index in [9.17, 15) is 14.7 Å². The molecule has 0 bridgehead atoms. The minimum Gasteiger partial charge on any atom is -0.507 e. The van der Waals surface area contributed by atoms with Crippen LogP contribution in [-0.2, 0) is 9.59 Å². The molecule has 1 aliphatic heterocycles. The highest BCUT2D eigenvalue weighted by Gasteiger charge is 2.45. The summed E-state index contributed by atoms with van der Waals surface area (Å²) in [7, 11) is 5.68. The zero-order valence-corrected chi connectivity index (χ0v) is 17.0. The van der Waals surface area contributed by atoms with Gasteiger partial charge in [-0.15, -0.1) is 0 Å². The Balaban J connectivity index is 2.06. The van der Waals surface area contributed by atoms with Crippen molar-refractivity contribution in [2.75, 3.05) is 34.3 Å². The van der Waals surface area contributed by atoms with E-state index in [1.807, 2.05) is 32.3 Å². The van der Waals surface area contributed by atoms with Gasteiger partial charge in [-0.1, -0.05) is 42.5 Å². The van der Waals surface area contributed by atoms with Gasteiger partial charge in [-0.3, -0.25) is 9.59 Å². The fraction of sp³-hybridized carbons (Fsp3) is 0.304. The summed E-state index contributed by atoms with van der Waals surface area (Å²) in [5.41, 5.74) is 1.41. The molecule has 2 N–H and O–H groups in total. The Morgan fingerprint density at radius 1 is 1.07 bits per heavy atom. The standard InChI is InChI=1S/C23H26N2O4/c1-24(2)14-7-15-25-20(16-10-12-18(29-3)13-11-16)19(22(27)23(25)28)21(26)17-8-5-4-6-9-17/h4-6,8-13,20,26H,7,14-15H2,1-3H3/p+1/t20-/m0/s1. The zero-order chi connectivity index (χ0) is 21.0. The number of hydrogen-bond donors (Lipinski definition) is 2. The van der Waals surface area contributed by atoms with Crippen LogP contribution in [0.3, 0.4) is 0 Å². The van der Waals surface area contributed by atoms with Gasteiger partial charge in [-0.2, -0.15) is 0 Å². The van der Waals surface area contributed by atoms with E-state index in [0.717, 1.165) is 18.5 Å². The third-order valence-electron chi connectivity index (χ3n) is 5.09. The summed E-state index contributed by atoms with van der Waals surface area (Å²) in [6, 6.07) is 15.5. The van der Waals surface area contributed by atoms with Crippen molar-refractivity contribution in [1.82, 2.24) is 4.90 Å². The quantitative estimate of drug-likeness (QED) is 0.425. The Morgan fingerprint density at radius 2 is 1.72 bits per heavy atom. The number of ketones is 1. The van der Waals surface area contributed by atoms with Crippen LogP contribution in [0.25, 0.3) is 5.76 Å². The monoisotopic (exact) mass is 395 g/mol. The molecule has 1 saturated heterocycles. The molecule has 0 aromatic heterocycles. The first kappa shape index (κ1) is 20.6. The number of amides is 1. The summed E-state index contributed by atoms with van der Waals surface area (Å²) in [6.07, 6.45) is 0.757. The van der Waals surface area contributed by atoms with Crippen LogP contribution in [0, 0.1) is 0 Å². The van der Waals surface area contributed by atoms with E-state index in [1.54, 1.807) is 48.4 Å². The highest BCUT2D eigenvalue weighted by atomic mass is 16.5. The molecule has 0 unspecified atom stereocenters. The normalized spacial score (nSPS) is 18.5. The van der Waals surface area contributed by atoms with E-state index in [2.05, 4.69) is 0 Å². The molecule has 1 atom stereocenters. The molecule has 3 rings (SSSR count). The number of likely N-dealkylation sites (tertiary alicyclic amines) is 1. The van der Waals surface area contributed by atoms with Crippen molar-refractivity contribution in [2.45, 2.75) is 12.5 Å². The summed E-state index contributed by atoms with van der Waals surface area (Å²) in [6.45, 7) is 1.31. The molecule has 0 radical (unpaired) electrons. The second-order valence-electron chi connectivity index (χ2n) is 7.44. The number of ether oxygens (including phenoxy) is 1. The first-order valence-electron chi connectivity index (χ1n) is 9.71. The summed E-state index contributed by atoms with van der Waals surface area (Å²) in [5.74, 6) is -0.683. The van der Waals surface area contributed by atoms with Gasteiger partial charge in [0.1, 0.15) is 11.5 Å². The predicted molar refractivity (Wildman–Crippen MR) is 111 cm³/mol. The smallest absolute Gasteiger partial charge is 0.295 e. The second-order valence-corrected chi connectivity index (χ2v) is 7.44. The van der Waals surface area contributed by atoms with Crippen LogP contribution in [0.2, 0.25) is 0 Å². The van der Waals surface area contributed by atoms with Crippen molar-refractivity contribution >= 4 is 17.4 Å². The number of benzene rings is 2. The van der Waals surface area contributed by atoms with Gasteiger partial charge >= 0.3 is 0 Å². The number of methoxy groups -OCH3 is 1. The van der Waals surface area contributed by atoms with E-state index < -0.39 is 17.7 Å². The molecule has 29 heavy (non-hydrogen) atoms. The highest BCUT2D eigenvalue weighted by molar-refractivity contribution is 6.46. The van der Waals surface area contributed by atoms with Crippen LogP contribution in [0.15, 0.2) is 60.2 Å². The van der Waals surface area contributed by atoms with E-state index in [1.165, 1.54) is 4.90 Å². The molecular weight excluding hydrogens is 368 g/mol. The third-order valence-corrected chi connectivity index (χ3v) is 5.09. The number of quaternary nitrogens is 1. The molecule has 6 nitrogen and oxygen atoms in total. The molecule has 2 aromatic carbocycles. The van der Waals surface area contributed by atoms with Gasteiger partial charge in [0, 0.05) is 18.5 Å². The first-order valence-corrected chi connectivity index (χ1v) is 9.71. The van der Waals surface area contributed by atoms with Gasteiger partial charge in [0.2, 0.25) is 0 Å². The van der Waals surface area contributed by atoms with Crippen molar-refractivity contribution in [3.63, 3.8) is 0 Å². The lowest BCUT2D eigenvalue weighted by molar-refractivity contribution is -0.858. The van der Waals surface area contributed by atoms with Crippen LogP contribution in [0.4, 0.5) is 0 Å². The average molecular weight is 395 g/mol. The Kier molecular flexibility index (Phi) is 6.34. The number of Topliss-reactive ketones (excluding diaryl/α,β-unsaturated/α-hetero) is 1. The topological polar surface area (TPSA) is 71.3 Å². The van der Waals surface area contributed by atoms with Crippen LogP contribution >= 0.6 is 0 Å². The number of rotatable bonds is 7. The first-order chi connectivity index (χ1) is 13.9. The van der Waals surface area contributed by atoms with E-state index >= 15 is 0 Å². The third kappa shape index (κ3) is 4.32. The molecule has 0 saturated carbocycles. The van der Waals surface area contributed by atoms with Crippen molar-refractivity contribution < 1.29 is 24.3 Å². The van der Waals surface area contributed by atoms with Crippen molar-refractivity contribution in [1.29, 1.82) is 0 Å². The molecule has 1 fully saturated rings.